The van der Waals surface area contributed by atoms with Crippen LogP contribution in [-0.4, -0.2) is 27.7 Å². The third-order valence-electron chi connectivity index (χ3n) is 2.55. The molecule has 0 unspecified atom stereocenters. The van der Waals surface area contributed by atoms with E-state index in [1.807, 2.05) is 6.92 Å². The van der Waals surface area contributed by atoms with Crippen molar-refractivity contribution in [3.05, 3.63) is 36.2 Å². The Morgan fingerprint density at radius 3 is 2.79 bits per heavy atom. The van der Waals surface area contributed by atoms with Gasteiger partial charge in [0.2, 0.25) is 0 Å². The van der Waals surface area contributed by atoms with Gasteiger partial charge in [-0.1, -0.05) is 6.07 Å². The van der Waals surface area contributed by atoms with Gasteiger partial charge < -0.3 is 19.1 Å². The lowest BCUT2D eigenvalue weighted by Gasteiger charge is -2.07. The van der Waals surface area contributed by atoms with Crippen LogP contribution in [0.2, 0.25) is 0 Å². The second-order valence-corrected chi connectivity index (χ2v) is 3.78. The van der Waals surface area contributed by atoms with Gasteiger partial charge in [0.1, 0.15) is 11.5 Å². The van der Waals surface area contributed by atoms with E-state index < -0.39 is 5.97 Å². The standard InChI is InChI=1S/C13H14N2O4/c1-3-15-8-11(12(16)17)14-13(15)19-10-6-4-5-9(7-10)18-2/h4-8H,3H2,1-2H3,(H,16,17). The minimum Gasteiger partial charge on any atom is -0.497 e. The highest BCUT2D eigenvalue weighted by Gasteiger charge is 2.14. The quantitative estimate of drug-likeness (QED) is 0.895. The molecule has 0 aliphatic rings. The maximum Gasteiger partial charge on any atom is 0.356 e. The smallest absolute Gasteiger partial charge is 0.356 e. The van der Waals surface area contributed by atoms with Gasteiger partial charge in [0.05, 0.1) is 7.11 Å². The molecule has 0 aliphatic heterocycles. The maximum atomic E-state index is 10.9. The van der Waals surface area contributed by atoms with Crippen LogP contribution in [0.4, 0.5) is 0 Å². The number of hydrogen-bond donors (Lipinski definition) is 1. The Morgan fingerprint density at radius 1 is 1.42 bits per heavy atom. The molecule has 0 radical (unpaired) electrons. The van der Waals surface area contributed by atoms with Crippen LogP contribution in [0.1, 0.15) is 17.4 Å². The number of benzene rings is 1. The zero-order valence-corrected chi connectivity index (χ0v) is 10.7. The highest BCUT2D eigenvalue weighted by Crippen LogP contribution is 2.24. The second-order valence-electron chi connectivity index (χ2n) is 3.78. The van der Waals surface area contributed by atoms with E-state index in [1.54, 1.807) is 35.9 Å². The van der Waals surface area contributed by atoms with Crippen molar-refractivity contribution >= 4 is 5.97 Å². The molecule has 1 heterocycles. The number of methoxy groups -OCH3 is 1. The molecule has 0 saturated carbocycles. The number of carboxylic acid groups (broad SMARTS) is 1. The van der Waals surface area contributed by atoms with E-state index in [4.69, 9.17) is 14.6 Å². The summed E-state index contributed by atoms with van der Waals surface area (Å²) in [6.07, 6.45) is 1.44. The van der Waals surface area contributed by atoms with E-state index in [9.17, 15) is 4.79 Å². The lowest BCUT2D eigenvalue weighted by molar-refractivity contribution is 0.0690. The molecular weight excluding hydrogens is 248 g/mol. The first-order valence-electron chi connectivity index (χ1n) is 5.76. The summed E-state index contributed by atoms with van der Waals surface area (Å²) in [5, 5.41) is 8.91. The van der Waals surface area contributed by atoms with Crippen molar-refractivity contribution in [2.24, 2.45) is 0 Å². The molecule has 0 amide bonds. The molecule has 0 saturated heterocycles. The van der Waals surface area contributed by atoms with E-state index in [1.165, 1.54) is 6.20 Å². The first-order chi connectivity index (χ1) is 9.13. The van der Waals surface area contributed by atoms with Gasteiger partial charge in [-0.05, 0) is 19.1 Å². The third-order valence-corrected chi connectivity index (χ3v) is 2.55. The van der Waals surface area contributed by atoms with Crippen LogP contribution in [0.5, 0.6) is 17.5 Å². The average Bonchev–Trinajstić information content (AvgIpc) is 2.82. The molecule has 0 atom stereocenters. The molecule has 0 spiro atoms. The zero-order valence-electron chi connectivity index (χ0n) is 10.7. The van der Waals surface area contributed by atoms with Crippen LogP contribution in [0.25, 0.3) is 0 Å². The number of aromatic carboxylic acids is 1. The highest BCUT2D eigenvalue weighted by molar-refractivity contribution is 5.85. The van der Waals surface area contributed by atoms with Crippen LogP contribution in [0, 0.1) is 0 Å². The first-order valence-corrected chi connectivity index (χ1v) is 5.76. The minimum absolute atomic E-state index is 0.0419. The summed E-state index contributed by atoms with van der Waals surface area (Å²) in [4.78, 5) is 14.8. The summed E-state index contributed by atoms with van der Waals surface area (Å²) in [7, 11) is 1.56. The van der Waals surface area contributed by atoms with Crippen molar-refractivity contribution in [3.8, 4) is 17.5 Å². The number of carboxylic acids is 1. The summed E-state index contributed by atoms with van der Waals surface area (Å²) in [6.45, 7) is 2.45. The lowest BCUT2D eigenvalue weighted by atomic mass is 10.3. The van der Waals surface area contributed by atoms with Crippen LogP contribution in [-0.2, 0) is 6.54 Å². The monoisotopic (exact) mass is 262 g/mol. The van der Waals surface area contributed by atoms with E-state index in [-0.39, 0.29) is 11.7 Å². The Kier molecular flexibility index (Phi) is 3.70. The van der Waals surface area contributed by atoms with Gasteiger partial charge in [0, 0.05) is 18.8 Å². The van der Waals surface area contributed by atoms with Crippen LogP contribution < -0.4 is 9.47 Å². The van der Waals surface area contributed by atoms with Crippen molar-refractivity contribution in [1.29, 1.82) is 0 Å². The molecular formula is C13H14N2O4. The van der Waals surface area contributed by atoms with Crippen molar-refractivity contribution < 1.29 is 19.4 Å². The molecule has 6 nitrogen and oxygen atoms in total. The number of hydrogen-bond acceptors (Lipinski definition) is 4. The Morgan fingerprint density at radius 2 is 2.16 bits per heavy atom. The van der Waals surface area contributed by atoms with Gasteiger partial charge in [-0.25, -0.2) is 4.79 Å². The fraction of sp³-hybridized carbons (Fsp3) is 0.231. The van der Waals surface area contributed by atoms with Crippen LogP contribution in [0.15, 0.2) is 30.5 Å². The largest absolute Gasteiger partial charge is 0.497 e. The fourth-order valence-electron chi connectivity index (χ4n) is 1.58. The zero-order chi connectivity index (χ0) is 13.8. The van der Waals surface area contributed by atoms with Gasteiger partial charge in [0.15, 0.2) is 5.69 Å². The predicted molar refractivity (Wildman–Crippen MR) is 67.9 cm³/mol. The molecule has 1 aromatic heterocycles. The molecule has 6 heteroatoms. The Bertz CT molecular complexity index is 592. The molecule has 19 heavy (non-hydrogen) atoms. The minimum atomic E-state index is -1.08. The third kappa shape index (κ3) is 2.85. The second kappa shape index (κ2) is 5.43. The summed E-state index contributed by atoms with van der Waals surface area (Å²) in [5.41, 5.74) is -0.0419. The molecule has 0 fully saturated rings. The number of rotatable bonds is 5. The Labute approximate surface area is 110 Å². The van der Waals surface area contributed by atoms with Crippen molar-refractivity contribution in [2.45, 2.75) is 13.5 Å². The normalized spacial score (nSPS) is 10.2. The van der Waals surface area contributed by atoms with Crippen LogP contribution in [0.3, 0.4) is 0 Å². The maximum absolute atomic E-state index is 10.9. The summed E-state index contributed by atoms with van der Waals surface area (Å²) < 4.78 is 12.3. The number of imidazole rings is 1. The molecule has 1 N–H and O–H groups in total. The van der Waals surface area contributed by atoms with E-state index in [0.29, 0.717) is 18.0 Å². The lowest BCUT2D eigenvalue weighted by Crippen LogP contribution is -1.97. The molecule has 2 rings (SSSR count). The molecule has 2 aromatic rings. The summed E-state index contributed by atoms with van der Waals surface area (Å²) in [5.74, 6) is 0.116. The summed E-state index contributed by atoms with van der Waals surface area (Å²) in [6, 6.07) is 7.27. The number of aryl methyl sites for hydroxylation is 1. The van der Waals surface area contributed by atoms with Gasteiger partial charge in [-0.15, -0.1) is 0 Å². The van der Waals surface area contributed by atoms with Crippen molar-refractivity contribution in [1.82, 2.24) is 9.55 Å². The first kappa shape index (κ1) is 12.9. The van der Waals surface area contributed by atoms with E-state index >= 15 is 0 Å². The van der Waals surface area contributed by atoms with E-state index in [2.05, 4.69) is 4.98 Å². The van der Waals surface area contributed by atoms with Gasteiger partial charge >= 0.3 is 12.0 Å². The van der Waals surface area contributed by atoms with Gasteiger partial charge in [-0.2, -0.15) is 4.98 Å². The van der Waals surface area contributed by atoms with Gasteiger partial charge in [-0.3, -0.25) is 0 Å². The molecule has 100 valence electrons. The Hall–Kier alpha value is -2.50. The predicted octanol–water partition coefficient (Wildman–Crippen LogP) is 2.40. The van der Waals surface area contributed by atoms with Gasteiger partial charge in [0.25, 0.3) is 0 Å². The topological polar surface area (TPSA) is 73.6 Å². The molecule has 1 aromatic carbocycles. The fourth-order valence-corrected chi connectivity index (χ4v) is 1.58. The summed E-state index contributed by atoms with van der Waals surface area (Å²) >= 11 is 0. The van der Waals surface area contributed by atoms with Crippen molar-refractivity contribution in [2.75, 3.05) is 7.11 Å². The SMILES string of the molecule is CCn1cc(C(=O)O)nc1Oc1cccc(OC)c1. The Balaban J connectivity index is 2.28. The van der Waals surface area contributed by atoms with Crippen LogP contribution >= 0.6 is 0 Å². The number of nitrogens with zero attached hydrogens (tertiary/aromatic N) is 2. The average molecular weight is 262 g/mol. The number of ether oxygens (including phenoxy) is 2. The highest BCUT2D eigenvalue weighted by atomic mass is 16.5. The molecule has 0 aliphatic carbocycles. The van der Waals surface area contributed by atoms with Crippen molar-refractivity contribution in [3.63, 3.8) is 0 Å². The van der Waals surface area contributed by atoms with E-state index in [0.717, 1.165) is 0 Å². The molecule has 0 bridgehead atoms. The number of aromatic nitrogens is 2. The number of carbonyl (C=O) groups is 1.